The number of alkyl halides is 6. The van der Waals surface area contributed by atoms with Crippen LogP contribution in [0.2, 0.25) is 5.02 Å². The second kappa shape index (κ2) is 4.97. The zero-order valence-electron chi connectivity index (χ0n) is 8.69. The van der Waals surface area contributed by atoms with E-state index in [-0.39, 0.29) is 10.6 Å². The van der Waals surface area contributed by atoms with Crippen molar-refractivity contribution in [1.29, 1.82) is 0 Å². The SMILES string of the molecule is NC(c1ccccc1Cl)C(C(F)(F)F)C(F)(F)F. The summed E-state index contributed by atoms with van der Waals surface area (Å²) in [7, 11) is 0. The van der Waals surface area contributed by atoms with Gasteiger partial charge < -0.3 is 5.73 Å². The lowest BCUT2D eigenvalue weighted by molar-refractivity contribution is -0.290. The third-order valence-electron chi connectivity index (χ3n) is 2.33. The Morgan fingerprint density at radius 3 is 1.78 bits per heavy atom. The molecule has 0 spiro atoms. The summed E-state index contributed by atoms with van der Waals surface area (Å²) in [5.74, 6) is -3.65. The van der Waals surface area contributed by atoms with Crippen molar-refractivity contribution < 1.29 is 26.3 Å². The lowest BCUT2D eigenvalue weighted by Gasteiger charge is -2.28. The maximum atomic E-state index is 12.4. The highest BCUT2D eigenvalue weighted by molar-refractivity contribution is 6.31. The Hall–Kier alpha value is -0.950. The molecule has 1 unspecified atom stereocenters. The average Bonchev–Trinajstić information content (AvgIpc) is 2.13. The van der Waals surface area contributed by atoms with Crippen LogP contribution in [0.3, 0.4) is 0 Å². The maximum Gasteiger partial charge on any atom is 0.402 e. The van der Waals surface area contributed by atoms with Crippen LogP contribution in [-0.2, 0) is 0 Å². The van der Waals surface area contributed by atoms with Gasteiger partial charge in [0.1, 0.15) is 0 Å². The molecule has 1 rings (SSSR count). The van der Waals surface area contributed by atoms with Gasteiger partial charge in [-0.2, -0.15) is 26.3 Å². The molecule has 0 heterocycles. The molecule has 102 valence electrons. The van der Waals surface area contributed by atoms with Gasteiger partial charge in [0, 0.05) is 5.02 Å². The Kier molecular flexibility index (Phi) is 4.17. The molecule has 0 aromatic heterocycles. The zero-order valence-corrected chi connectivity index (χ0v) is 9.44. The van der Waals surface area contributed by atoms with Gasteiger partial charge in [-0.3, -0.25) is 0 Å². The van der Waals surface area contributed by atoms with Crippen molar-refractivity contribution >= 4 is 11.6 Å². The van der Waals surface area contributed by atoms with E-state index >= 15 is 0 Å². The number of hydrogen-bond donors (Lipinski definition) is 1. The summed E-state index contributed by atoms with van der Waals surface area (Å²) in [6, 6.07) is 2.58. The van der Waals surface area contributed by atoms with Crippen LogP contribution in [0.25, 0.3) is 0 Å². The first-order valence-corrected chi connectivity index (χ1v) is 5.06. The van der Waals surface area contributed by atoms with Crippen LogP contribution < -0.4 is 5.73 Å². The molecule has 18 heavy (non-hydrogen) atoms. The molecule has 0 aliphatic heterocycles. The summed E-state index contributed by atoms with van der Waals surface area (Å²) in [6.07, 6.45) is -11.0. The lowest BCUT2D eigenvalue weighted by atomic mass is 9.92. The van der Waals surface area contributed by atoms with Crippen molar-refractivity contribution in [2.45, 2.75) is 18.4 Å². The van der Waals surface area contributed by atoms with Gasteiger partial charge in [-0.15, -0.1) is 0 Å². The summed E-state index contributed by atoms with van der Waals surface area (Å²) in [5.41, 5.74) is 4.70. The van der Waals surface area contributed by atoms with Crippen LogP contribution in [0.4, 0.5) is 26.3 Å². The number of halogens is 7. The molecule has 1 aromatic carbocycles. The van der Waals surface area contributed by atoms with Crippen molar-refractivity contribution in [2.75, 3.05) is 0 Å². The van der Waals surface area contributed by atoms with E-state index in [9.17, 15) is 26.3 Å². The van der Waals surface area contributed by atoms with Crippen molar-refractivity contribution in [3.05, 3.63) is 34.9 Å². The third kappa shape index (κ3) is 3.29. The molecule has 0 bridgehead atoms. The molecule has 0 saturated carbocycles. The van der Waals surface area contributed by atoms with Crippen molar-refractivity contribution in [3.8, 4) is 0 Å². The summed E-state index contributed by atoms with van der Waals surface area (Å²) in [5, 5.41) is -0.233. The molecular weight excluding hydrogens is 284 g/mol. The van der Waals surface area contributed by atoms with Crippen molar-refractivity contribution in [3.63, 3.8) is 0 Å². The van der Waals surface area contributed by atoms with Gasteiger partial charge in [0.15, 0.2) is 5.92 Å². The standard InChI is InChI=1S/C10H8ClF6N/c11-6-4-2-1-3-5(6)7(18)8(9(12,13)14)10(15,16)17/h1-4,7-8H,18H2. The Balaban J connectivity index is 3.20. The zero-order chi connectivity index (χ0) is 14.1. The second-order valence-corrected chi connectivity index (χ2v) is 4.02. The van der Waals surface area contributed by atoms with Gasteiger partial charge in [-0.05, 0) is 11.6 Å². The van der Waals surface area contributed by atoms with E-state index in [2.05, 4.69) is 0 Å². The highest BCUT2D eigenvalue weighted by Crippen LogP contribution is 2.46. The quantitative estimate of drug-likeness (QED) is 0.816. The number of benzene rings is 1. The fourth-order valence-corrected chi connectivity index (χ4v) is 1.78. The van der Waals surface area contributed by atoms with E-state index in [1.54, 1.807) is 0 Å². The molecule has 0 saturated heterocycles. The van der Waals surface area contributed by atoms with E-state index in [1.807, 2.05) is 0 Å². The van der Waals surface area contributed by atoms with Crippen LogP contribution in [0.1, 0.15) is 11.6 Å². The molecule has 0 aliphatic carbocycles. The number of hydrogen-bond acceptors (Lipinski definition) is 1. The first-order valence-electron chi connectivity index (χ1n) is 4.68. The van der Waals surface area contributed by atoms with Gasteiger partial charge in [0.2, 0.25) is 0 Å². The molecule has 0 radical (unpaired) electrons. The molecule has 0 amide bonds. The van der Waals surface area contributed by atoms with Crippen LogP contribution in [0.5, 0.6) is 0 Å². The topological polar surface area (TPSA) is 26.0 Å². The fourth-order valence-electron chi connectivity index (χ4n) is 1.52. The minimum atomic E-state index is -5.49. The van der Waals surface area contributed by atoms with Crippen LogP contribution >= 0.6 is 11.6 Å². The molecule has 1 atom stereocenters. The first-order chi connectivity index (χ1) is 8.05. The maximum absolute atomic E-state index is 12.4. The summed E-state index contributed by atoms with van der Waals surface area (Å²) in [4.78, 5) is 0. The van der Waals surface area contributed by atoms with Gasteiger partial charge >= 0.3 is 12.4 Å². The van der Waals surface area contributed by atoms with E-state index < -0.39 is 24.3 Å². The van der Waals surface area contributed by atoms with Gasteiger partial charge in [0.05, 0.1) is 6.04 Å². The summed E-state index contributed by atoms with van der Waals surface area (Å²) >= 11 is 5.55. The Morgan fingerprint density at radius 1 is 0.944 bits per heavy atom. The molecule has 1 aromatic rings. The number of nitrogens with two attached hydrogens (primary N) is 1. The summed E-state index contributed by atoms with van der Waals surface area (Å²) < 4.78 is 74.6. The molecule has 2 N–H and O–H groups in total. The van der Waals surface area contributed by atoms with Crippen molar-refractivity contribution in [2.24, 2.45) is 11.7 Å². The minimum absolute atomic E-state index is 0.233. The molecular formula is C10H8ClF6N. The number of rotatable bonds is 2. The largest absolute Gasteiger partial charge is 0.402 e. The summed E-state index contributed by atoms with van der Waals surface area (Å²) in [6.45, 7) is 0. The first kappa shape index (κ1) is 15.1. The van der Waals surface area contributed by atoms with Crippen LogP contribution in [0.15, 0.2) is 24.3 Å². The van der Waals surface area contributed by atoms with Gasteiger partial charge in [0.25, 0.3) is 0 Å². The van der Waals surface area contributed by atoms with E-state index in [4.69, 9.17) is 17.3 Å². The monoisotopic (exact) mass is 291 g/mol. The van der Waals surface area contributed by atoms with E-state index in [1.165, 1.54) is 18.2 Å². The predicted octanol–water partition coefficient (Wildman–Crippen LogP) is 4.08. The van der Waals surface area contributed by atoms with Crippen molar-refractivity contribution in [1.82, 2.24) is 0 Å². The highest BCUT2D eigenvalue weighted by atomic mass is 35.5. The molecule has 0 aliphatic rings. The minimum Gasteiger partial charge on any atom is -0.323 e. The van der Waals surface area contributed by atoms with Crippen LogP contribution in [0, 0.1) is 5.92 Å². The van der Waals surface area contributed by atoms with E-state index in [0.29, 0.717) is 0 Å². The van der Waals surface area contributed by atoms with Crippen LogP contribution in [-0.4, -0.2) is 12.4 Å². The van der Waals surface area contributed by atoms with E-state index in [0.717, 1.165) is 6.07 Å². The normalized spacial score (nSPS) is 14.9. The molecule has 0 fully saturated rings. The molecule has 1 nitrogen and oxygen atoms in total. The fraction of sp³-hybridized carbons (Fsp3) is 0.400. The Morgan fingerprint density at radius 2 is 1.39 bits per heavy atom. The average molecular weight is 292 g/mol. The smallest absolute Gasteiger partial charge is 0.323 e. The highest BCUT2D eigenvalue weighted by Gasteiger charge is 2.59. The van der Waals surface area contributed by atoms with Gasteiger partial charge in [-0.1, -0.05) is 29.8 Å². The second-order valence-electron chi connectivity index (χ2n) is 3.61. The molecule has 8 heteroatoms. The van der Waals surface area contributed by atoms with Gasteiger partial charge in [-0.25, -0.2) is 0 Å². The third-order valence-corrected chi connectivity index (χ3v) is 2.67. The predicted molar refractivity (Wildman–Crippen MR) is 54.0 cm³/mol. The lowest BCUT2D eigenvalue weighted by Crippen LogP contribution is -2.44. The Labute approximate surface area is 104 Å². The Bertz CT molecular complexity index is 400.